The van der Waals surface area contributed by atoms with Crippen LogP contribution in [0.3, 0.4) is 0 Å². The van der Waals surface area contributed by atoms with Gasteiger partial charge in [-0.15, -0.1) is 0 Å². The molecular weight excluding hydrogens is 511 g/mol. The first kappa shape index (κ1) is 39.0. The van der Waals surface area contributed by atoms with Gasteiger partial charge in [0.05, 0.1) is 26.4 Å². The highest BCUT2D eigenvalue weighted by atomic mass is 31.2. The van der Waals surface area contributed by atoms with Crippen molar-refractivity contribution in [3.63, 3.8) is 0 Å². The number of unbranched alkanes of at least 4 members (excludes halogenated alkanes) is 22. The van der Waals surface area contributed by atoms with Gasteiger partial charge < -0.3 is 14.4 Å². The van der Waals surface area contributed by atoms with Crippen LogP contribution in [0.15, 0.2) is 0 Å². The van der Waals surface area contributed by atoms with Crippen LogP contribution in [0, 0.1) is 0 Å². The topological polar surface area (TPSA) is 74.2 Å². The third-order valence-corrected chi connectivity index (χ3v) is 8.27. The predicted octanol–water partition coefficient (Wildman–Crippen LogP) is 10.6. The van der Waals surface area contributed by atoms with Gasteiger partial charge in [-0.3, -0.25) is 9.05 Å². The minimum Gasteiger partial charge on any atom is -0.379 e. The third-order valence-electron chi connectivity index (χ3n) is 7.25. The van der Waals surface area contributed by atoms with Gasteiger partial charge in [0.2, 0.25) is 0 Å². The Morgan fingerprint density at radius 3 is 0.923 bits per heavy atom. The Balaban J connectivity index is 3.27. The number of rotatable bonds is 34. The molecule has 0 unspecified atom stereocenters. The molecule has 0 amide bonds. The summed E-state index contributed by atoms with van der Waals surface area (Å²) >= 11 is 0. The van der Waals surface area contributed by atoms with Crippen LogP contribution >= 0.6 is 7.82 Å². The zero-order chi connectivity index (χ0) is 28.5. The van der Waals surface area contributed by atoms with Gasteiger partial charge in [0.25, 0.3) is 0 Å². The van der Waals surface area contributed by atoms with Crippen molar-refractivity contribution in [1.29, 1.82) is 0 Å². The quantitative estimate of drug-likeness (QED) is 0.0605. The van der Waals surface area contributed by atoms with E-state index in [-0.39, 0.29) is 13.2 Å². The van der Waals surface area contributed by atoms with E-state index in [1.54, 1.807) is 0 Å². The maximum atomic E-state index is 11.9. The van der Waals surface area contributed by atoms with E-state index < -0.39 is 7.82 Å². The van der Waals surface area contributed by atoms with Gasteiger partial charge in [-0.1, -0.05) is 155 Å². The van der Waals surface area contributed by atoms with E-state index >= 15 is 0 Å². The average Bonchev–Trinajstić information content (AvgIpc) is 2.92. The van der Waals surface area contributed by atoms with Crippen molar-refractivity contribution in [1.82, 2.24) is 0 Å². The molecule has 0 aliphatic rings. The van der Waals surface area contributed by atoms with E-state index in [1.807, 2.05) is 0 Å². The van der Waals surface area contributed by atoms with Crippen molar-refractivity contribution >= 4 is 7.82 Å². The Morgan fingerprint density at radius 2 is 0.641 bits per heavy atom. The molecule has 236 valence electrons. The van der Waals surface area contributed by atoms with Gasteiger partial charge in [-0.05, 0) is 12.8 Å². The smallest absolute Gasteiger partial charge is 0.379 e. The zero-order valence-corrected chi connectivity index (χ0v) is 27.0. The van der Waals surface area contributed by atoms with E-state index in [0.717, 1.165) is 12.8 Å². The van der Waals surface area contributed by atoms with Crippen LogP contribution in [-0.2, 0) is 23.1 Å². The molecule has 0 saturated carbocycles. The van der Waals surface area contributed by atoms with Crippen LogP contribution in [0.25, 0.3) is 0 Å². The summed E-state index contributed by atoms with van der Waals surface area (Å²) in [5.41, 5.74) is 0. The minimum absolute atomic E-state index is 0.0613. The molecule has 0 saturated heterocycles. The van der Waals surface area contributed by atoms with Gasteiger partial charge in [0.1, 0.15) is 0 Å². The molecule has 0 aromatic rings. The van der Waals surface area contributed by atoms with Crippen LogP contribution in [0.4, 0.5) is 0 Å². The van der Waals surface area contributed by atoms with Crippen molar-refractivity contribution in [2.75, 3.05) is 39.6 Å². The van der Waals surface area contributed by atoms with Crippen molar-refractivity contribution in [3.8, 4) is 0 Å². The van der Waals surface area contributed by atoms with Crippen molar-refractivity contribution in [2.45, 2.75) is 168 Å². The lowest BCUT2D eigenvalue weighted by Crippen LogP contribution is -2.08. The van der Waals surface area contributed by atoms with Gasteiger partial charge in [0.15, 0.2) is 0 Å². The number of hydrogen-bond donors (Lipinski definition) is 1. The standard InChI is InChI=1S/C32H67O6P/c1-3-5-7-9-11-13-15-17-19-21-23-25-27-35-29-31-37-39(33,34)38-32-30-36-28-26-24-22-20-18-16-14-12-10-8-6-4-2/h3-32H2,1-2H3,(H,33,34). The third kappa shape index (κ3) is 34.1. The molecular formula is C32H67O6P. The summed E-state index contributed by atoms with van der Waals surface area (Å²) in [7, 11) is -4.03. The molecule has 0 radical (unpaired) electrons. The second-order valence-corrected chi connectivity index (χ2v) is 12.6. The largest absolute Gasteiger partial charge is 0.472 e. The average molecular weight is 579 g/mol. The summed E-state index contributed by atoms with van der Waals surface area (Å²) in [6.07, 6.45) is 31.6. The fraction of sp³-hybridized carbons (Fsp3) is 1.00. The molecule has 6 nitrogen and oxygen atoms in total. The normalized spacial score (nSPS) is 12.0. The van der Waals surface area contributed by atoms with E-state index in [1.165, 1.54) is 141 Å². The summed E-state index contributed by atoms with van der Waals surface area (Å²) in [5.74, 6) is 0. The van der Waals surface area contributed by atoms with Gasteiger partial charge in [-0.25, -0.2) is 4.57 Å². The molecule has 0 aromatic heterocycles. The molecule has 0 heterocycles. The van der Waals surface area contributed by atoms with E-state index in [0.29, 0.717) is 26.4 Å². The molecule has 0 spiro atoms. The Labute approximate surface area is 243 Å². The molecule has 0 bridgehead atoms. The predicted molar refractivity (Wildman–Crippen MR) is 166 cm³/mol. The zero-order valence-electron chi connectivity index (χ0n) is 26.1. The fourth-order valence-corrected chi connectivity index (χ4v) is 5.44. The van der Waals surface area contributed by atoms with E-state index in [2.05, 4.69) is 13.8 Å². The Hall–Kier alpha value is 0.0300. The van der Waals surface area contributed by atoms with Crippen molar-refractivity contribution in [2.24, 2.45) is 0 Å². The number of ether oxygens (including phenoxy) is 2. The first-order valence-electron chi connectivity index (χ1n) is 16.9. The van der Waals surface area contributed by atoms with Crippen LogP contribution in [-0.4, -0.2) is 44.5 Å². The lowest BCUT2D eigenvalue weighted by Gasteiger charge is -2.12. The first-order chi connectivity index (χ1) is 19.1. The Kier molecular flexibility index (Phi) is 32.6. The SMILES string of the molecule is CCCCCCCCCCCCCCOCCOP(=O)(O)OCCOCCCCCCCCCCCCCC. The van der Waals surface area contributed by atoms with E-state index in [4.69, 9.17) is 18.5 Å². The van der Waals surface area contributed by atoms with E-state index in [9.17, 15) is 9.46 Å². The van der Waals surface area contributed by atoms with Gasteiger partial charge >= 0.3 is 7.82 Å². The summed E-state index contributed by atoms with van der Waals surface area (Å²) in [5, 5.41) is 0. The maximum Gasteiger partial charge on any atom is 0.472 e. The lowest BCUT2D eigenvalue weighted by atomic mass is 10.1. The van der Waals surface area contributed by atoms with Crippen LogP contribution in [0.2, 0.25) is 0 Å². The minimum atomic E-state index is -4.03. The highest BCUT2D eigenvalue weighted by Gasteiger charge is 2.20. The Bertz CT molecular complexity index is 465. The first-order valence-corrected chi connectivity index (χ1v) is 18.4. The molecule has 0 rings (SSSR count). The summed E-state index contributed by atoms with van der Waals surface area (Å²) < 4.78 is 32.9. The highest BCUT2D eigenvalue weighted by molar-refractivity contribution is 7.47. The maximum absolute atomic E-state index is 11.9. The van der Waals surface area contributed by atoms with Crippen molar-refractivity contribution in [3.05, 3.63) is 0 Å². The van der Waals surface area contributed by atoms with Crippen molar-refractivity contribution < 1.29 is 28.0 Å². The van der Waals surface area contributed by atoms with Crippen LogP contribution in [0.1, 0.15) is 168 Å². The monoisotopic (exact) mass is 578 g/mol. The second kappa shape index (κ2) is 32.5. The summed E-state index contributed by atoms with van der Waals surface area (Å²) in [4.78, 5) is 9.74. The lowest BCUT2D eigenvalue weighted by molar-refractivity contribution is 0.0564. The molecule has 0 aliphatic heterocycles. The summed E-state index contributed by atoms with van der Waals surface area (Å²) in [6.45, 7) is 6.61. The van der Waals surface area contributed by atoms with Crippen LogP contribution in [0.5, 0.6) is 0 Å². The number of hydrogen-bond acceptors (Lipinski definition) is 5. The second-order valence-electron chi connectivity index (χ2n) is 11.1. The summed E-state index contributed by atoms with van der Waals surface area (Å²) in [6, 6.07) is 0. The fourth-order valence-electron chi connectivity index (χ4n) is 4.75. The number of phosphoric ester groups is 1. The van der Waals surface area contributed by atoms with Gasteiger partial charge in [0, 0.05) is 13.2 Å². The molecule has 1 N–H and O–H groups in total. The molecule has 0 aliphatic carbocycles. The molecule has 0 atom stereocenters. The molecule has 0 fully saturated rings. The highest BCUT2D eigenvalue weighted by Crippen LogP contribution is 2.42. The van der Waals surface area contributed by atoms with Crippen LogP contribution < -0.4 is 0 Å². The number of phosphoric acid groups is 1. The Morgan fingerprint density at radius 1 is 0.385 bits per heavy atom. The molecule has 7 heteroatoms. The molecule has 0 aromatic carbocycles. The molecule has 39 heavy (non-hydrogen) atoms. The van der Waals surface area contributed by atoms with Gasteiger partial charge in [-0.2, -0.15) is 0 Å².